The molecule has 2 N–H and O–H groups in total. The Morgan fingerprint density at radius 2 is 1.87 bits per heavy atom. The van der Waals surface area contributed by atoms with Crippen molar-refractivity contribution in [2.75, 3.05) is 19.6 Å². The minimum atomic E-state index is -0.623. The van der Waals surface area contributed by atoms with Crippen LogP contribution in [0.25, 0.3) is 0 Å². The van der Waals surface area contributed by atoms with Gasteiger partial charge in [-0.15, -0.1) is 6.58 Å². The molecular weight excluding hydrogens is 378 g/mol. The van der Waals surface area contributed by atoms with Crippen molar-refractivity contribution in [2.45, 2.75) is 51.5 Å². The van der Waals surface area contributed by atoms with E-state index in [2.05, 4.69) is 17.2 Å². The Kier molecular flexibility index (Phi) is 7.66. The second kappa shape index (κ2) is 10.4. The molecule has 0 aromatic heterocycles. The summed E-state index contributed by atoms with van der Waals surface area (Å²) in [6.45, 7) is 7.22. The van der Waals surface area contributed by atoms with Crippen LogP contribution in [0.15, 0.2) is 36.9 Å². The molecule has 3 amide bonds. The molecule has 0 radical (unpaired) electrons. The molecule has 30 heavy (non-hydrogen) atoms. The second-order valence-corrected chi connectivity index (χ2v) is 8.50. The molecule has 1 aliphatic heterocycles. The van der Waals surface area contributed by atoms with Crippen molar-refractivity contribution in [2.24, 2.45) is 11.8 Å². The molecule has 1 heterocycles. The van der Waals surface area contributed by atoms with Crippen molar-refractivity contribution < 1.29 is 14.4 Å². The molecule has 0 bridgehead atoms. The van der Waals surface area contributed by atoms with Crippen molar-refractivity contribution in [1.82, 2.24) is 15.5 Å². The molecule has 2 fully saturated rings. The van der Waals surface area contributed by atoms with Gasteiger partial charge in [-0.05, 0) is 50.7 Å². The number of benzene rings is 1. The third-order valence-corrected chi connectivity index (χ3v) is 6.30. The van der Waals surface area contributed by atoms with Crippen LogP contribution in [0, 0.1) is 18.8 Å². The summed E-state index contributed by atoms with van der Waals surface area (Å²) in [5.41, 5.74) is 1.54. The first-order valence-corrected chi connectivity index (χ1v) is 11.0. The molecule has 1 aromatic rings. The molecule has 0 spiro atoms. The fourth-order valence-corrected chi connectivity index (χ4v) is 4.58. The number of aryl methyl sites for hydroxylation is 1. The molecule has 1 aliphatic carbocycles. The number of carbonyl (C=O) groups is 3. The predicted molar refractivity (Wildman–Crippen MR) is 117 cm³/mol. The zero-order chi connectivity index (χ0) is 21.5. The summed E-state index contributed by atoms with van der Waals surface area (Å²) in [6, 6.07) is 6.72. The Balaban J connectivity index is 1.65. The Labute approximate surface area is 179 Å². The van der Waals surface area contributed by atoms with E-state index in [-0.39, 0.29) is 29.6 Å². The number of piperidine rings is 1. The first-order chi connectivity index (χ1) is 14.5. The fourth-order valence-electron chi connectivity index (χ4n) is 4.58. The lowest BCUT2D eigenvalue weighted by Gasteiger charge is -2.36. The number of likely N-dealkylation sites (tertiary alicyclic amines) is 1. The average Bonchev–Trinajstić information content (AvgIpc) is 3.30. The molecule has 1 aromatic carbocycles. The molecule has 1 unspecified atom stereocenters. The zero-order valence-electron chi connectivity index (χ0n) is 17.9. The Bertz CT molecular complexity index is 778. The highest BCUT2D eigenvalue weighted by Crippen LogP contribution is 2.29. The van der Waals surface area contributed by atoms with E-state index in [0.29, 0.717) is 38.0 Å². The summed E-state index contributed by atoms with van der Waals surface area (Å²) in [6.07, 6.45) is 7.32. The minimum Gasteiger partial charge on any atom is -0.351 e. The van der Waals surface area contributed by atoms with Crippen molar-refractivity contribution in [1.29, 1.82) is 0 Å². The van der Waals surface area contributed by atoms with Crippen molar-refractivity contribution in [3.05, 3.63) is 48.0 Å². The van der Waals surface area contributed by atoms with Gasteiger partial charge in [0.1, 0.15) is 6.04 Å². The van der Waals surface area contributed by atoms with E-state index in [9.17, 15) is 14.4 Å². The third kappa shape index (κ3) is 5.49. The maximum atomic E-state index is 12.8. The lowest BCUT2D eigenvalue weighted by Crippen LogP contribution is -2.54. The number of rotatable bonds is 7. The van der Waals surface area contributed by atoms with E-state index in [1.54, 1.807) is 12.1 Å². The highest BCUT2D eigenvalue weighted by molar-refractivity contribution is 5.97. The third-order valence-electron chi connectivity index (χ3n) is 6.30. The van der Waals surface area contributed by atoms with E-state index in [1.807, 2.05) is 30.0 Å². The Hall–Kier alpha value is -2.63. The molecule has 1 atom stereocenters. The molecule has 1 saturated heterocycles. The highest BCUT2D eigenvalue weighted by Gasteiger charge is 2.35. The monoisotopic (exact) mass is 411 g/mol. The van der Waals surface area contributed by atoms with Gasteiger partial charge >= 0.3 is 0 Å². The molecule has 6 nitrogen and oxygen atoms in total. The van der Waals surface area contributed by atoms with Gasteiger partial charge in [0.05, 0.1) is 0 Å². The van der Waals surface area contributed by atoms with Crippen LogP contribution in [0.4, 0.5) is 0 Å². The van der Waals surface area contributed by atoms with Gasteiger partial charge in [-0.1, -0.05) is 36.6 Å². The van der Waals surface area contributed by atoms with Crippen LogP contribution in [0.2, 0.25) is 0 Å². The average molecular weight is 412 g/mol. The molecule has 1 saturated carbocycles. The normalized spacial score (nSPS) is 18.6. The second-order valence-electron chi connectivity index (χ2n) is 8.50. The van der Waals surface area contributed by atoms with Gasteiger partial charge in [-0.25, -0.2) is 0 Å². The molecule has 3 rings (SSSR count). The van der Waals surface area contributed by atoms with Gasteiger partial charge in [0, 0.05) is 31.1 Å². The van der Waals surface area contributed by atoms with Crippen LogP contribution >= 0.6 is 0 Å². The quantitative estimate of drug-likeness (QED) is 0.677. The maximum Gasteiger partial charge on any atom is 0.251 e. The number of hydrogen-bond donors (Lipinski definition) is 2. The first kappa shape index (κ1) is 22.1. The Morgan fingerprint density at radius 3 is 2.50 bits per heavy atom. The SMILES string of the molecule is C=CCNC(=O)C(NC(=O)c1cccc(C)c1)C1CCN(C(=O)C2CCCC2)CC1. The zero-order valence-corrected chi connectivity index (χ0v) is 17.9. The Morgan fingerprint density at radius 1 is 1.17 bits per heavy atom. The van der Waals surface area contributed by atoms with Crippen LogP contribution in [-0.4, -0.2) is 48.3 Å². The molecule has 162 valence electrons. The topological polar surface area (TPSA) is 78.5 Å². The van der Waals surface area contributed by atoms with E-state index < -0.39 is 6.04 Å². The number of carbonyl (C=O) groups excluding carboxylic acids is 3. The maximum absolute atomic E-state index is 12.8. The first-order valence-electron chi connectivity index (χ1n) is 11.0. The van der Waals surface area contributed by atoms with Crippen LogP contribution in [0.1, 0.15) is 54.4 Å². The number of amides is 3. The van der Waals surface area contributed by atoms with Crippen molar-refractivity contribution in [3.63, 3.8) is 0 Å². The number of nitrogens with one attached hydrogen (secondary N) is 2. The lowest BCUT2D eigenvalue weighted by atomic mass is 9.87. The highest BCUT2D eigenvalue weighted by atomic mass is 16.2. The minimum absolute atomic E-state index is 0.00352. The standard InChI is InChI=1S/C24H33N3O3/c1-3-13-25-23(29)21(26-22(28)20-10-6-7-17(2)16-20)18-11-14-27(15-12-18)24(30)19-8-4-5-9-19/h3,6-7,10,16,18-19,21H,1,4-5,8-9,11-15H2,2H3,(H,25,29)(H,26,28). The van der Waals surface area contributed by atoms with Gasteiger partial charge in [-0.2, -0.15) is 0 Å². The van der Waals surface area contributed by atoms with Crippen LogP contribution < -0.4 is 10.6 Å². The van der Waals surface area contributed by atoms with Gasteiger partial charge in [0.15, 0.2) is 0 Å². The van der Waals surface area contributed by atoms with Crippen LogP contribution in [0.5, 0.6) is 0 Å². The summed E-state index contributed by atoms with van der Waals surface area (Å²) in [7, 11) is 0. The number of nitrogens with zero attached hydrogens (tertiary/aromatic N) is 1. The summed E-state index contributed by atoms with van der Waals surface area (Å²) >= 11 is 0. The predicted octanol–water partition coefficient (Wildman–Crippen LogP) is 2.82. The van der Waals surface area contributed by atoms with Gasteiger partial charge < -0.3 is 15.5 Å². The van der Waals surface area contributed by atoms with Gasteiger partial charge in [-0.3, -0.25) is 14.4 Å². The summed E-state index contributed by atoms with van der Waals surface area (Å²) in [4.78, 5) is 40.3. The van der Waals surface area contributed by atoms with Crippen LogP contribution in [0.3, 0.4) is 0 Å². The van der Waals surface area contributed by atoms with Gasteiger partial charge in [0.2, 0.25) is 11.8 Å². The van der Waals surface area contributed by atoms with E-state index >= 15 is 0 Å². The number of hydrogen-bond acceptors (Lipinski definition) is 3. The molecule has 2 aliphatic rings. The van der Waals surface area contributed by atoms with Crippen LogP contribution in [-0.2, 0) is 9.59 Å². The van der Waals surface area contributed by atoms with Crippen molar-refractivity contribution in [3.8, 4) is 0 Å². The largest absolute Gasteiger partial charge is 0.351 e. The van der Waals surface area contributed by atoms with Gasteiger partial charge in [0.25, 0.3) is 5.91 Å². The fraction of sp³-hybridized carbons (Fsp3) is 0.542. The van der Waals surface area contributed by atoms with E-state index in [4.69, 9.17) is 0 Å². The lowest BCUT2D eigenvalue weighted by molar-refractivity contribution is -0.137. The summed E-state index contributed by atoms with van der Waals surface area (Å²) in [5.74, 6) is -0.00810. The van der Waals surface area contributed by atoms with E-state index in [0.717, 1.165) is 31.2 Å². The summed E-state index contributed by atoms with van der Waals surface area (Å²) in [5, 5.41) is 5.77. The van der Waals surface area contributed by atoms with Crippen molar-refractivity contribution >= 4 is 17.7 Å². The van der Waals surface area contributed by atoms with E-state index in [1.165, 1.54) is 0 Å². The smallest absolute Gasteiger partial charge is 0.251 e. The molecule has 6 heteroatoms. The summed E-state index contributed by atoms with van der Waals surface area (Å²) < 4.78 is 0. The molecular formula is C24H33N3O3.